The second-order valence-corrected chi connectivity index (χ2v) is 4.04. The average Bonchev–Trinajstić information content (AvgIpc) is 2.41. The van der Waals surface area contributed by atoms with E-state index < -0.39 is 0 Å². The summed E-state index contributed by atoms with van der Waals surface area (Å²) in [4.78, 5) is 17.9. The van der Waals surface area contributed by atoms with Crippen molar-refractivity contribution in [2.24, 2.45) is 0 Å². The van der Waals surface area contributed by atoms with Gasteiger partial charge in [-0.25, -0.2) is 0 Å². The highest BCUT2D eigenvalue weighted by molar-refractivity contribution is 5.76. The maximum absolute atomic E-state index is 11.8. The molecule has 0 saturated carbocycles. The number of carbonyl (C=O) groups is 1. The van der Waals surface area contributed by atoms with E-state index in [1.807, 2.05) is 43.9 Å². The summed E-state index contributed by atoms with van der Waals surface area (Å²) in [5.74, 6) is 1.50. The van der Waals surface area contributed by atoms with E-state index in [2.05, 4.69) is 10.3 Å². The van der Waals surface area contributed by atoms with Gasteiger partial charge in [0, 0.05) is 32.1 Å². The second kappa shape index (κ2) is 8.34. The molecule has 0 bridgehead atoms. The number of hydrogen-bond donors (Lipinski definition) is 1. The van der Waals surface area contributed by atoms with Gasteiger partial charge in [-0.05, 0) is 26.8 Å². The number of pyridine rings is 1. The number of rotatable bonds is 8. The molecule has 0 atom stereocenters. The number of carbonyl (C=O) groups excluding carboxylic acids is 1. The van der Waals surface area contributed by atoms with Crippen molar-refractivity contribution in [3.63, 3.8) is 0 Å². The van der Waals surface area contributed by atoms with Gasteiger partial charge in [0.05, 0.1) is 6.61 Å². The predicted molar refractivity (Wildman–Crippen MR) is 76.4 cm³/mol. The zero-order chi connectivity index (χ0) is 14.1. The van der Waals surface area contributed by atoms with Crippen LogP contribution in [0.25, 0.3) is 0 Å². The lowest BCUT2D eigenvalue weighted by atomic mass is 10.3. The monoisotopic (exact) mass is 265 g/mol. The summed E-state index contributed by atoms with van der Waals surface area (Å²) in [7, 11) is 0. The van der Waals surface area contributed by atoms with Crippen molar-refractivity contribution in [2.75, 3.05) is 31.6 Å². The van der Waals surface area contributed by atoms with Crippen molar-refractivity contribution in [1.29, 1.82) is 0 Å². The van der Waals surface area contributed by atoms with Crippen molar-refractivity contribution in [2.45, 2.75) is 27.2 Å². The molecule has 5 nitrogen and oxygen atoms in total. The molecule has 1 amide bonds. The summed E-state index contributed by atoms with van der Waals surface area (Å²) < 4.78 is 5.32. The van der Waals surface area contributed by atoms with Crippen LogP contribution in [0.4, 0.5) is 5.82 Å². The van der Waals surface area contributed by atoms with E-state index in [0.717, 1.165) is 18.9 Å². The largest absolute Gasteiger partial charge is 0.478 e. The van der Waals surface area contributed by atoms with Crippen LogP contribution in [-0.2, 0) is 4.79 Å². The zero-order valence-corrected chi connectivity index (χ0v) is 12.0. The Kier molecular flexibility index (Phi) is 6.71. The van der Waals surface area contributed by atoms with Gasteiger partial charge < -0.3 is 15.0 Å². The highest BCUT2D eigenvalue weighted by atomic mass is 16.5. The number of ether oxygens (including phenoxy) is 1. The Morgan fingerprint density at radius 3 is 2.68 bits per heavy atom. The van der Waals surface area contributed by atoms with E-state index in [-0.39, 0.29) is 5.91 Å². The third-order valence-corrected chi connectivity index (χ3v) is 2.78. The van der Waals surface area contributed by atoms with Gasteiger partial charge in [0.1, 0.15) is 5.82 Å². The quantitative estimate of drug-likeness (QED) is 0.782. The Hall–Kier alpha value is -1.78. The third kappa shape index (κ3) is 5.16. The number of amides is 1. The Labute approximate surface area is 115 Å². The lowest BCUT2D eigenvalue weighted by Gasteiger charge is -2.18. The Bertz CT molecular complexity index is 392. The highest BCUT2D eigenvalue weighted by Gasteiger charge is 2.08. The molecule has 0 aliphatic carbocycles. The third-order valence-electron chi connectivity index (χ3n) is 2.78. The lowest BCUT2D eigenvalue weighted by molar-refractivity contribution is -0.130. The molecular formula is C14H23N3O2. The molecule has 0 spiro atoms. The zero-order valence-electron chi connectivity index (χ0n) is 12.0. The minimum Gasteiger partial charge on any atom is -0.478 e. The molecule has 1 N–H and O–H groups in total. The highest BCUT2D eigenvalue weighted by Crippen LogP contribution is 2.11. The second-order valence-electron chi connectivity index (χ2n) is 4.04. The van der Waals surface area contributed by atoms with Crippen LogP contribution in [-0.4, -0.2) is 42.0 Å². The molecule has 1 aromatic rings. The molecule has 0 aliphatic rings. The van der Waals surface area contributed by atoms with Gasteiger partial charge in [-0.1, -0.05) is 6.07 Å². The minimum absolute atomic E-state index is 0.165. The number of anilines is 1. The molecule has 0 fully saturated rings. The SMILES string of the molecule is CCOc1cccc(NCCC(=O)N(CC)CC)n1. The molecule has 19 heavy (non-hydrogen) atoms. The molecule has 1 rings (SSSR count). The van der Waals surface area contributed by atoms with Gasteiger partial charge in [-0.2, -0.15) is 4.98 Å². The molecule has 1 aromatic heterocycles. The fourth-order valence-corrected chi connectivity index (χ4v) is 1.77. The van der Waals surface area contributed by atoms with Gasteiger partial charge >= 0.3 is 0 Å². The summed E-state index contributed by atoms with van der Waals surface area (Å²) in [5, 5.41) is 3.14. The average molecular weight is 265 g/mol. The van der Waals surface area contributed by atoms with E-state index >= 15 is 0 Å². The molecule has 0 aliphatic heterocycles. The van der Waals surface area contributed by atoms with Crippen LogP contribution < -0.4 is 10.1 Å². The number of aromatic nitrogens is 1. The van der Waals surface area contributed by atoms with Gasteiger partial charge in [-0.15, -0.1) is 0 Å². The van der Waals surface area contributed by atoms with Crippen LogP contribution in [0, 0.1) is 0 Å². The van der Waals surface area contributed by atoms with Crippen LogP contribution in [0.15, 0.2) is 18.2 Å². The summed E-state index contributed by atoms with van der Waals surface area (Å²) in [6, 6.07) is 5.56. The molecule has 106 valence electrons. The Morgan fingerprint density at radius 2 is 2.05 bits per heavy atom. The summed E-state index contributed by atoms with van der Waals surface area (Å²) in [6.45, 7) is 8.59. The van der Waals surface area contributed by atoms with Gasteiger partial charge in [-0.3, -0.25) is 4.79 Å². The first-order valence-corrected chi connectivity index (χ1v) is 6.82. The topological polar surface area (TPSA) is 54.5 Å². The predicted octanol–water partition coefficient (Wildman–Crippen LogP) is 2.15. The van der Waals surface area contributed by atoms with Crippen LogP contribution in [0.1, 0.15) is 27.2 Å². The lowest BCUT2D eigenvalue weighted by Crippen LogP contribution is -2.31. The molecule has 0 aromatic carbocycles. The van der Waals surface area contributed by atoms with E-state index in [9.17, 15) is 4.79 Å². The van der Waals surface area contributed by atoms with E-state index in [4.69, 9.17) is 4.74 Å². The Morgan fingerprint density at radius 1 is 1.32 bits per heavy atom. The number of hydrogen-bond acceptors (Lipinski definition) is 4. The minimum atomic E-state index is 0.165. The van der Waals surface area contributed by atoms with Crippen molar-refractivity contribution in [3.05, 3.63) is 18.2 Å². The van der Waals surface area contributed by atoms with Gasteiger partial charge in [0.25, 0.3) is 0 Å². The fraction of sp³-hybridized carbons (Fsp3) is 0.571. The van der Waals surface area contributed by atoms with Crippen molar-refractivity contribution >= 4 is 11.7 Å². The molecule has 5 heteroatoms. The maximum Gasteiger partial charge on any atom is 0.224 e. The van der Waals surface area contributed by atoms with Crippen LogP contribution in [0.2, 0.25) is 0 Å². The molecule has 0 unspecified atom stereocenters. The standard InChI is InChI=1S/C14H23N3O2/c1-4-17(5-2)14(18)10-11-15-12-8-7-9-13(16-12)19-6-3/h7-9H,4-6,10-11H2,1-3H3,(H,15,16). The van der Waals surface area contributed by atoms with Crippen LogP contribution >= 0.6 is 0 Å². The smallest absolute Gasteiger partial charge is 0.224 e. The van der Waals surface area contributed by atoms with E-state index in [1.165, 1.54) is 0 Å². The van der Waals surface area contributed by atoms with Crippen LogP contribution in [0.3, 0.4) is 0 Å². The van der Waals surface area contributed by atoms with Crippen LogP contribution in [0.5, 0.6) is 5.88 Å². The molecular weight excluding hydrogens is 242 g/mol. The molecule has 0 saturated heterocycles. The van der Waals surface area contributed by atoms with Crippen molar-refractivity contribution in [3.8, 4) is 5.88 Å². The molecule has 1 heterocycles. The van der Waals surface area contributed by atoms with Gasteiger partial charge in [0.15, 0.2) is 0 Å². The first-order valence-electron chi connectivity index (χ1n) is 6.82. The number of nitrogens with one attached hydrogen (secondary N) is 1. The summed E-state index contributed by atoms with van der Waals surface area (Å²) >= 11 is 0. The van der Waals surface area contributed by atoms with Crippen molar-refractivity contribution < 1.29 is 9.53 Å². The van der Waals surface area contributed by atoms with Crippen molar-refractivity contribution in [1.82, 2.24) is 9.88 Å². The summed E-state index contributed by atoms with van der Waals surface area (Å²) in [5.41, 5.74) is 0. The first kappa shape index (κ1) is 15.3. The Balaban J connectivity index is 2.40. The maximum atomic E-state index is 11.8. The van der Waals surface area contributed by atoms with Gasteiger partial charge in [0.2, 0.25) is 11.8 Å². The number of nitrogens with zero attached hydrogens (tertiary/aromatic N) is 2. The first-order chi connectivity index (χ1) is 9.21. The normalized spacial score (nSPS) is 10.1. The summed E-state index contributed by atoms with van der Waals surface area (Å²) in [6.07, 6.45) is 0.474. The molecule has 0 radical (unpaired) electrons. The fourth-order valence-electron chi connectivity index (χ4n) is 1.77. The van der Waals surface area contributed by atoms with E-state index in [0.29, 0.717) is 25.5 Å². The van der Waals surface area contributed by atoms with E-state index in [1.54, 1.807) is 0 Å².